The molecule has 236 valence electrons. The number of ether oxygens (including phenoxy) is 3. The van der Waals surface area contributed by atoms with Gasteiger partial charge in [0, 0.05) is 37.8 Å². The number of aromatic nitrogens is 1. The molecule has 2 amide bonds. The van der Waals surface area contributed by atoms with E-state index >= 15 is 0 Å². The number of hydrogen-bond acceptors (Lipinski definition) is 7. The summed E-state index contributed by atoms with van der Waals surface area (Å²) in [5.74, 6) is 0.881. The molecule has 0 saturated carbocycles. The molecular formula is C34H30BrClN4O6. The Morgan fingerprint density at radius 2 is 1.67 bits per heavy atom. The van der Waals surface area contributed by atoms with Crippen molar-refractivity contribution in [2.24, 2.45) is 5.10 Å². The van der Waals surface area contributed by atoms with Crippen molar-refractivity contribution >= 4 is 51.2 Å². The predicted octanol–water partition coefficient (Wildman–Crippen LogP) is 7.47. The number of aryl methyl sites for hydroxylation is 2. The lowest BCUT2D eigenvalue weighted by Crippen LogP contribution is -2.21. The second-order valence-electron chi connectivity index (χ2n) is 10.1. The van der Waals surface area contributed by atoms with E-state index in [1.165, 1.54) is 13.3 Å². The minimum Gasteiger partial charge on any atom is -0.493 e. The van der Waals surface area contributed by atoms with Crippen LogP contribution in [0.4, 0.5) is 5.69 Å². The molecule has 10 nitrogen and oxygen atoms in total. The van der Waals surface area contributed by atoms with Gasteiger partial charge in [0.1, 0.15) is 18.1 Å². The van der Waals surface area contributed by atoms with Gasteiger partial charge in [0.05, 0.1) is 13.3 Å². The number of methoxy groups -OCH3 is 1. The van der Waals surface area contributed by atoms with Crippen molar-refractivity contribution in [2.75, 3.05) is 19.0 Å². The minimum absolute atomic E-state index is 0.0619. The van der Waals surface area contributed by atoms with Crippen LogP contribution in [0.15, 0.2) is 98.9 Å². The molecule has 5 aromatic rings. The number of nitrogens with zero attached hydrogens (tertiary/aromatic N) is 2. The summed E-state index contributed by atoms with van der Waals surface area (Å²) >= 11 is 9.33. The Hall–Kier alpha value is -5.00. The lowest BCUT2D eigenvalue weighted by Gasteiger charge is -2.14. The number of hydrazone groups is 1. The molecule has 2 aromatic heterocycles. The van der Waals surface area contributed by atoms with Crippen molar-refractivity contribution in [2.45, 2.75) is 20.5 Å². The largest absolute Gasteiger partial charge is 0.493 e. The van der Waals surface area contributed by atoms with E-state index in [0.717, 1.165) is 17.1 Å². The first-order valence-electron chi connectivity index (χ1n) is 14.1. The highest BCUT2D eigenvalue weighted by Gasteiger charge is 2.15. The molecule has 0 aliphatic rings. The van der Waals surface area contributed by atoms with E-state index in [2.05, 4.69) is 62.3 Å². The summed E-state index contributed by atoms with van der Waals surface area (Å²) in [6, 6.07) is 25.2. The Morgan fingerprint density at radius 1 is 0.957 bits per heavy atom. The summed E-state index contributed by atoms with van der Waals surface area (Å²) in [7, 11) is 1.48. The van der Waals surface area contributed by atoms with Crippen molar-refractivity contribution in [3.63, 3.8) is 0 Å². The molecule has 12 heteroatoms. The Bertz CT molecular complexity index is 1850. The van der Waals surface area contributed by atoms with Gasteiger partial charge in [-0.15, -0.1) is 0 Å². The van der Waals surface area contributed by atoms with E-state index < -0.39 is 5.91 Å². The molecule has 2 heterocycles. The van der Waals surface area contributed by atoms with Crippen molar-refractivity contribution < 1.29 is 28.2 Å². The van der Waals surface area contributed by atoms with Crippen LogP contribution >= 0.6 is 27.5 Å². The zero-order valence-electron chi connectivity index (χ0n) is 25.2. The van der Waals surface area contributed by atoms with Gasteiger partial charge in [-0.3, -0.25) is 9.59 Å². The molecule has 2 N–H and O–H groups in total. The molecule has 0 aliphatic heterocycles. The number of furan rings is 1. The molecule has 0 bridgehead atoms. The number of carbonyl (C=O) groups excluding carboxylic acids is 2. The van der Waals surface area contributed by atoms with Crippen molar-refractivity contribution in [1.82, 2.24) is 9.99 Å². The first-order chi connectivity index (χ1) is 22.2. The number of anilines is 1. The molecule has 0 atom stereocenters. The number of amides is 2. The van der Waals surface area contributed by atoms with Crippen molar-refractivity contribution in [1.29, 1.82) is 0 Å². The van der Waals surface area contributed by atoms with E-state index in [0.29, 0.717) is 38.0 Å². The van der Waals surface area contributed by atoms with Gasteiger partial charge in [0.15, 0.2) is 23.9 Å². The molecule has 0 spiro atoms. The van der Waals surface area contributed by atoms with Gasteiger partial charge in [-0.25, -0.2) is 5.43 Å². The van der Waals surface area contributed by atoms with Crippen molar-refractivity contribution in [3.8, 4) is 22.9 Å². The highest BCUT2D eigenvalue weighted by molar-refractivity contribution is 9.10. The monoisotopic (exact) mass is 704 g/mol. The Kier molecular flexibility index (Phi) is 10.5. The fraction of sp³-hybridized carbons (Fsp3) is 0.147. The maximum Gasteiger partial charge on any atom is 0.307 e. The molecule has 0 unspecified atom stereocenters. The number of nitrogens with one attached hydrogen (secondary N) is 2. The summed E-state index contributed by atoms with van der Waals surface area (Å²) in [5, 5.41) is 7.34. The minimum atomic E-state index is -0.559. The van der Waals surface area contributed by atoms with Gasteiger partial charge in [-0.05, 0) is 98.8 Å². The van der Waals surface area contributed by atoms with Gasteiger partial charge in [-0.2, -0.15) is 5.10 Å². The van der Waals surface area contributed by atoms with Gasteiger partial charge in [-0.1, -0.05) is 27.5 Å². The van der Waals surface area contributed by atoms with Crippen LogP contribution in [-0.4, -0.2) is 36.3 Å². The summed E-state index contributed by atoms with van der Waals surface area (Å²) in [5.41, 5.74) is 6.81. The topological polar surface area (TPSA) is 116 Å². The highest BCUT2D eigenvalue weighted by atomic mass is 79.9. The van der Waals surface area contributed by atoms with Gasteiger partial charge < -0.3 is 28.5 Å². The van der Waals surface area contributed by atoms with E-state index in [1.807, 2.05) is 24.3 Å². The zero-order chi connectivity index (χ0) is 32.6. The highest BCUT2D eigenvalue weighted by Crippen LogP contribution is 2.34. The molecular weight excluding hydrogens is 676 g/mol. The molecule has 0 aliphatic carbocycles. The zero-order valence-corrected chi connectivity index (χ0v) is 27.5. The molecule has 3 aromatic carbocycles. The normalized spacial score (nSPS) is 11.0. The van der Waals surface area contributed by atoms with Crippen molar-refractivity contribution in [3.05, 3.63) is 123 Å². The van der Waals surface area contributed by atoms with Gasteiger partial charge >= 0.3 is 5.91 Å². The third kappa shape index (κ3) is 8.17. The van der Waals surface area contributed by atoms with Crippen LogP contribution in [0.1, 0.15) is 33.3 Å². The maximum absolute atomic E-state index is 12.7. The van der Waals surface area contributed by atoms with Crippen LogP contribution in [-0.2, 0) is 11.4 Å². The lowest BCUT2D eigenvalue weighted by molar-refractivity contribution is -0.118. The van der Waals surface area contributed by atoms with Gasteiger partial charge in [0.25, 0.3) is 5.91 Å². The summed E-state index contributed by atoms with van der Waals surface area (Å²) < 4.78 is 25.6. The Morgan fingerprint density at radius 3 is 2.37 bits per heavy atom. The average molecular weight is 706 g/mol. The van der Waals surface area contributed by atoms with E-state index in [1.54, 1.807) is 48.5 Å². The van der Waals surface area contributed by atoms with Crippen LogP contribution in [0.25, 0.3) is 5.69 Å². The lowest BCUT2D eigenvalue weighted by atomic mass is 10.2. The van der Waals surface area contributed by atoms with Gasteiger partial charge in [0.2, 0.25) is 0 Å². The molecule has 0 saturated heterocycles. The second-order valence-corrected chi connectivity index (χ2v) is 11.4. The fourth-order valence-electron chi connectivity index (χ4n) is 4.57. The quantitative estimate of drug-likeness (QED) is 0.103. The van der Waals surface area contributed by atoms with E-state index in [4.69, 9.17) is 30.2 Å². The third-order valence-electron chi connectivity index (χ3n) is 6.75. The van der Waals surface area contributed by atoms with Crippen LogP contribution < -0.4 is 25.0 Å². The maximum atomic E-state index is 12.7. The smallest absolute Gasteiger partial charge is 0.307 e. The first-order valence-corrected chi connectivity index (χ1v) is 15.2. The first kappa shape index (κ1) is 32.4. The predicted molar refractivity (Wildman–Crippen MR) is 180 cm³/mol. The Labute approximate surface area is 279 Å². The number of hydrogen-bond donors (Lipinski definition) is 2. The van der Waals surface area contributed by atoms with E-state index in [-0.39, 0.29) is 30.6 Å². The molecule has 46 heavy (non-hydrogen) atoms. The summed E-state index contributed by atoms with van der Waals surface area (Å²) in [6.45, 7) is 3.96. The SMILES string of the molecule is COc1cc(Br)cc(C=NNC(=O)c2ccc(COc3ccc(-n4c(C)ccc4C)cc3)o2)c1OCC(=O)Nc1ccc(Cl)cc1. The Balaban J connectivity index is 1.17. The fourth-order valence-corrected chi connectivity index (χ4v) is 5.15. The standard InChI is InChI=1S/C34H30BrClN4O6/c1-21-4-5-22(2)40(21)27-10-12-28(13-11-27)44-19-29-14-15-30(46-29)34(42)39-37-18-23-16-24(35)17-31(43-3)33(23)45-20-32(41)38-26-8-6-25(36)7-9-26/h4-18H,19-20H2,1-3H3,(H,38,41)(H,39,42). The van der Waals surface area contributed by atoms with Crippen LogP contribution in [0.3, 0.4) is 0 Å². The second kappa shape index (κ2) is 14.9. The third-order valence-corrected chi connectivity index (χ3v) is 7.46. The van der Waals surface area contributed by atoms with Crippen LogP contribution in [0.2, 0.25) is 5.02 Å². The molecule has 0 radical (unpaired) electrons. The molecule has 5 rings (SSSR count). The number of benzene rings is 3. The number of carbonyl (C=O) groups is 2. The van der Waals surface area contributed by atoms with Crippen LogP contribution in [0.5, 0.6) is 17.2 Å². The number of halogens is 2. The average Bonchev–Trinajstić information content (AvgIpc) is 3.66. The summed E-state index contributed by atoms with van der Waals surface area (Å²) in [6.07, 6.45) is 1.38. The van der Waals surface area contributed by atoms with E-state index in [9.17, 15) is 9.59 Å². The van der Waals surface area contributed by atoms with Crippen LogP contribution in [0, 0.1) is 13.8 Å². The molecule has 0 fully saturated rings. The summed E-state index contributed by atoms with van der Waals surface area (Å²) in [4.78, 5) is 25.2. The number of rotatable bonds is 12.